The van der Waals surface area contributed by atoms with Crippen LogP contribution >= 0.6 is 33.6 Å². The summed E-state index contributed by atoms with van der Waals surface area (Å²) < 4.78 is 105. The zero-order valence-electron chi connectivity index (χ0n) is 63.3. The van der Waals surface area contributed by atoms with E-state index in [-0.39, 0.29) is 95.4 Å². The third-order valence-corrected chi connectivity index (χ3v) is 28.1. The van der Waals surface area contributed by atoms with Crippen molar-refractivity contribution in [3.63, 3.8) is 0 Å². The molecule has 14 heterocycles. The molecule has 16 N–H and O–H groups in total. The Balaban J connectivity index is 0.677. The van der Waals surface area contributed by atoms with E-state index < -0.39 is 215 Å². The van der Waals surface area contributed by atoms with E-state index in [9.17, 15) is 67.6 Å². The Morgan fingerprint density at radius 1 is 0.400 bits per heavy atom. The smallest absolute Gasteiger partial charge is 0.351 e. The zero-order valence-corrected chi connectivity index (χ0v) is 71.9. The summed E-state index contributed by atoms with van der Waals surface area (Å²) in [6, 6.07) is 0. The van der Waals surface area contributed by atoms with Crippen molar-refractivity contribution in [3.05, 3.63) is 153 Å². The summed E-state index contributed by atoms with van der Waals surface area (Å²) in [5.74, 6) is -0.582. The summed E-state index contributed by atoms with van der Waals surface area (Å²) in [7, 11) is 0. The quantitative estimate of drug-likeness (QED) is 0.0242. The maximum absolute atomic E-state index is 13.3. The number of hydrogen-bond donors (Lipinski definition) is 13. The molecular formula is C61H80N19O30P5S5. The van der Waals surface area contributed by atoms with Crippen LogP contribution in [0.5, 0.6) is 0 Å². The van der Waals surface area contributed by atoms with Crippen molar-refractivity contribution in [2.45, 2.75) is 190 Å². The van der Waals surface area contributed by atoms with Crippen LogP contribution in [0.1, 0.15) is 118 Å². The lowest BCUT2D eigenvalue weighted by atomic mass is 10.1. The Morgan fingerprint density at radius 2 is 0.708 bits per heavy atom. The van der Waals surface area contributed by atoms with Crippen molar-refractivity contribution in [3.8, 4) is 0 Å². The summed E-state index contributed by atoms with van der Waals surface area (Å²) in [6.45, 7) is -18.0. The molecule has 0 aromatic carbocycles. The molecule has 0 spiro atoms. The number of aryl methyl sites for hydroxylation is 4. The Hall–Kier alpha value is -6.57. The fourth-order valence-corrected chi connectivity index (χ4v) is 21.6. The Bertz CT molecular complexity index is 6100. The fraction of sp³-hybridized carbons (Fsp3) is 0.574. The first-order chi connectivity index (χ1) is 56.5. The van der Waals surface area contributed by atoms with E-state index in [1.165, 1.54) is 76.5 Å². The van der Waals surface area contributed by atoms with Gasteiger partial charge in [0.2, 0.25) is 11.9 Å². The molecule has 0 aliphatic carbocycles. The molecule has 6 aliphatic rings. The minimum Gasteiger partial charge on any atom is -0.383 e. The van der Waals surface area contributed by atoms with Crippen LogP contribution in [-0.2, 0) is 133 Å². The molecule has 22 atom stereocenters. The standard InChI is InChI=1S/C61H80N19O30P5S5/c1-6-30-31(9-41(101-30)76-14-25(2)48(62)67-58(76)86)106-112(91,117)96-19-37-33(11-43(103-37)78-17-28(5)53(83)74-61(78)89)108-113(92,118)98-21-38-35(13-45(104-38)80-24-66-47-50(80)69-57(64)71-55(47)85)110-115(94,120)99-22-39-34(12-44(105-39)79-23-65-46-49(79)68-56(63)70-54(46)84)109-114(93,119)97-20-36-32(10-42(102-36)77-16-27(4)52(82)73-60(77)88)107-111(90,116)95-18-29-7-8-40(100-29)75-15-26(3)51(81)72-59(75)87/h14-17,23-24,29-45H,6-13,18-22H2,1-5H3,(H,90,116)(H,91,117)(H,92,118)(H,93,119)(H,94,120)(H2,62,67,86)(H,72,81,87)(H,73,82,88)(H,74,83,89)(H3,63,68,70,84)(H3,64,69,71,85)/t29-,30+,31?,32?,33?,34?,35?,36+,37+,38+,39+,40+,41+,42+,43+,44+,45+,111?,112?,113?,114?,115?/m0/s1. The minimum absolute atomic E-state index is 0.0119. The van der Waals surface area contributed by atoms with Gasteiger partial charge in [0, 0.05) is 79.1 Å². The molecule has 0 saturated carbocycles. The molecule has 6 saturated heterocycles. The van der Waals surface area contributed by atoms with Crippen LogP contribution in [-0.4, -0.2) is 202 Å². The molecule has 49 nitrogen and oxygen atoms in total. The van der Waals surface area contributed by atoms with Gasteiger partial charge in [0.15, 0.2) is 22.3 Å². The predicted octanol–water partition coefficient (Wildman–Crippen LogP) is -0.241. The van der Waals surface area contributed by atoms with Crippen LogP contribution in [0.2, 0.25) is 0 Å². The van der Waals surface area contributed by atoms with Gasteiger partial charge >= 0.3 is 56.4 Å². The predicted molar refractivity (Wildman–Crippen MR) is 434 cm³/mol. The van der Waals surface area contributed by atoms with E-state index in [1.807, 2.05) is 0 Å². The van der Waals surface area contributed by atoms with Gasteiger partial charge in [-0.05, 0) is 106 Å². The minimum atomic E-state index is -4.69. The number of nitrogens with two attached hydrogens (primary N) is 3. The molecule has 59 heteroatoms. The number of aromatic amines is 5. The average molecular weight is 1870 g/mol. The number of nitrogens with zero attached hydrogens (tertiary/aromatic N) is 11. The van der Waals surface area contributed by atoms with Crippen molar-refractivity contribution in [1.29, 1.82) is 0 Å². The maximum atomic E-state index is 13.3. The number of aromatic nitrogens is 16. The number of anilines is 3. The number of rotatable bonds is 32. The lowest BCUT2D eigenvalue weighted by Crippen LogP contribution is -2.33. The molecule has 8 aromatic rings. The van der Waals surface area contributed by atoms with Gasteiger partial charge in [-0.25, -0.2) is 29.1 Å². The lowest BCUT2D eigenvalue weighted by molar-refractivity contribution is -0.0558. The Kier molecular flexibility index (Phi) is 26.8. The van der Waals surface area contributed by atoms with Gasteiger partial charge < -0.3 is 115 Å². The van der Waals surface area contributed by atoms with Gasteiger partial charge in [0.05, 0.1) is 88.4 Å². The summed E-state index contributed by atoms with van der Waals surface area (Å²) in [6.07, 6.45) is -12.7. The largest absolute Gasteiger partial charge is 0.383 e. The molecule has 0 radical (unpaired) electrons. The third-order valence-electron chi connectivity index (χ3n) is 20.1. The van der Waals surface area contributed by atoms with Crippen molar-refractivity contribution in [2.24, 2.45) is 0 Å². The third kappa shape index (κ3) is 20.5. The Labute approximate surface area is 698 Å². The molecule has 0 bridgehead atoms. The van der Waals surface area contributed by atoms with Crippen LogP contribution in [0.15, 0.2) is 80.6 Å². The average Bonchev–Trinajstić information content (AvgIpc) is 1.62. The maximum Gasteiger partial charge on any atom is 0.351 e. The van der Waals surface area contributed by atoms with Gasteiger partial charge in [-0.1, -0.05) is 6.92 Å². The van der Waals surface area contributed by atoms with Gasteiger partial charge in [-0.15, -0.1) is 0 Å². The van der Waals surface area contributed by atoms with Gasteiger partial charge in [-0.3, -0.25) is 76.3 Å². The van der Waals surface area contributed by atoms with Crippen LogP contribution in [0.25, 0.3) is 22.3 Å². The molecule has 120 heavy (non-hydrogen) atoms. The van der Waals surface area contributed by atoms with Crippen molar-refractivity contribution in [1.82, 2.24) is 77.2 Å². The van der Waals surface area contributed by atoms with Crippen molar-refractivity contribution in [2.75, 3.05) is 50.2 Å². The molecule has 6 fully saturated rings. The highest BCUT2D eigenvalue weighted by molar-refractivity contribution is 8.08. The number of fused-ring (bicyclic) bond motifs is 2. The van der Waals surface area contributed by atoms with E-state index in [2.05, 4.69) is 49.8 Å². The summed E-state index contributed by atoms with van der Waals surface area (Å²) >= 11 is 27.9. The monoisotopic (exact) mass is 1870 g/mol. The molecular weight excluding hydrogens is 1790 g/mol. The van der Waals surface area contributed by atoms with Crippen LogP contribution in [0, 0.1) is 27.7 Å². The molecule has 10 unspecified atom stereocenters. The highest BCUT2D eigenvalue weighted by atomic mass is 32.5. The van der Waals surface area contributed by atoms with Gasteiger partial charge in [0.25, 0.3) is 27.8 Å². The van der Waals surface area contributed by atoms with E-state index in [4.69, 9.17) is 150 Å². The summed E-state index contributed by atoms with van der Waals surface area (Å²) in [5, 5.41) is 0. The molecule has 654 valence electrons. The SMILES string of the molecule is CC[C@H]1O[C@@H](n2cc(C)c(N)nc2=O)CC1OP(O)(=S)OC[C@H]1O[C@@H](n2cc(C)c(=O)[nH]c2=O)CC1OP(O)(=S)OC[C@H]1O[C@@H](n2cnc3c(=O)[nH]c(N)nc32)CC1OP(O)(=S)OC[C@H]1O[C@@H](n2cnc3c(=O)[nH]c(N)nc32)CC1OP(O)(=S)OC[C@H]1O[C@@H](n2cc(C)c(=O)[nH]c2=O)CC1OP(O)(=S)OC[C@@H]1CC[C@H](n2cc(C)c(=O)[nH]c2=O)O1. The molecule has 8 aromatic heterocycles. The number of ether oxygens (including phenoxy) is 6. The van der Waals surface area contributed by atoms with Crippen molar-refractivity contribution >= 4 is 133 Å². The highest BCUT2D eigenvalue weighted by Gasteiger charge is 2.50. The first-order valence-electron chi connectivity index (χ1n) is 36.5. The lowest BCUT2D eigenvalue weighted by Gasteiger charge is -2.28. The fourth-order valence-electron chi connectivity index (χ4n) is 14.2. The normalized spacial score (nSPS) is 29.0. The van der Waals surface area contributed by atoms with Crippen LogP contribution in [0.3, 0.4) is 0 Å². The van der Waals surface area contributed by atoms with E-state index >= 15 is 0 Å². The van der Waals surface area contributed by atoms with Crippen LogP contribution in [0.4, 0.5) is 17.7 Å². The topological polar surface area (TPSA) is 654 Å². The zero-order chi connectivity index (χ0) is 86.1. The second-order valence-corrected chi connectivity index (χ2v) is 42.5. The number of nitrogens with one attached hydrogen (secondary N) is 5. The van der Waals surface area contributed by atoms with E-state index in [0.717, 1.165) is 9.13 Å². The Morgan fingerprint density at radius 3 is 1.07 bits per heavy atom. The molecule has 0 amide bonds. The number of hydrogen-bond acceptors (Lipinski definition) is 38. The number of nitrogen functional groups attached to an aromatic ring is 3. The number of imidazole rings is 2. The summed E-state index contributed by atoms with van der Waals surface area (Å²) in [5.41, 5.74) is 11.7. The highest BCUT2D eigenvalue weighted by Crippen LogP contribution is 2.57. The molecule has 14 rings (SSSR count). The second-order valence-electron chi connectivity index (χ2n) is 28.5. The number of H-pyrrole nitrogens is 5. The first kappa shape index (κ1) is 89.7. The summed E-state index contributed by atoms with van der Waals surface area (Å²) in [4.78, 5) is 207. The van der Waals surface area contributed by atoms with Gasteiger partial charge in [0.1, 0.15) is 67.6 Å². The van der Waals surface area contributed by atoms with E-state index in [1.54, 1.807) is 13.8 Å². The van der Waals surface area contributed by atoms with E-state index in [0.29, 0.717) is 24.8 Å². The second kappa shape index (κ2) is 35.8. The molecule has 6 aliphatic heterocycles. The van der Waals surface area contributed by atoms with Crippen LogP contribution < -0.4 is 67.8 Å². The first-order valence-corrected chi connectivity index (χ1v) is 49.5. The van der Waals surface area contributed by atoms with Gasteiger partial charge in [-0.2, -0.15) is 15.0 Å². The van der Waals surface area contributed by atoms with Crippen molar-refractivity contribution < 1.29 is 98.1 Å².